The molecule has 0 heterocycles. The molecule has 5 aliphatic carbocycles. The summed E-state index contributed by atoms with van der Waals surface area (Å²) in [5.74, 6) is 0.365. The number of hydrogen-bond acceptors (Lipinski definition) is 4. The van der Waals surface area contributed by atoms with E-state index in [1.807, 2.05) is 32.9 Å². The molecular weight excluding hydrogens is 460 g/mol. The molecule has 1 amide bonds. The van der Waals surface area contributed by atoms with Crippen molar-refractivity contribution in [3.05, 3.63) is 23.3 Å². The van der Waals surface area contributed by atoms with Crippen molar-refractivity contribution in [2.24, 2.45) is 50.7 Å². The number of Topliss-reactive ketones (excluding diaryl/α,β-unsaturated/α-hetero) is 1. The molecule has 0 radical (unpaired) electrons. The van der Waals surface area contributed by atoms with Gasteiger partial charge in [0.15, 0.2) is 11.6 Å². The van der Waals surface area contributed by atoms with Crippen LogP contribution in [0, 0.1) is 62.1 Å². The van der Waals surface area contributed by atoms with Crippen molar-refractivity contribution in [1.82, 2.24) is 5.32 Å². The first-order valence-corrected chi connectivity index (χ1v) is 14.4. The second kappa shape index (κ2) is 8.14. The Hall–Kier alpha value is -2.22. The van der Waals surface area contributed by atoms with Crippen LogP contribution in [0.2, 0.25) is 0 Å². The van der Waals surface area contributed by atoms with Crippen molar-refractivity contribution in [3.63, 3.8) is 0 Å². The van der Waals surface area contributed by atoms with E-state index < -0.39 is 16.2 Å². The van der Waals surface area contributed by atoms with Gasteiger partial charge in [0.1, 0.15) is 6.07 Å². The van der Waals surface area contributed by atoms with Gasteiger partial charge in [-0.2, -0.15) is 5.26 Å². The summed E-state index contributed by atoms with van der Waals surface area (Å²) in [5.41, 5.74) is -0.340. The van der Waals surface area contributed by atoms with E-state index in [4.69, 9.17) is 0 Å². The van der Waals surface area contributed by atoms with Gasteiger partial charge in [0, 0.05) is 23.3 Å². The Kier molecular flexibility index (Phi) is 5.81. The molecule has 7 atom stereocenters. The van der Waals surface area contributed by atoms with Crippen LogP contribution in [0.4, 0.5) is 0 Å². The molecule has 4 unspecified atom stereocenters. The number of nitrogens with one attached hydrogen (secondary N) is 1. The smallest absolute Gasteiger partial charge is 0.226 e. The average molecular weight is 505 g/mol. The van der Waals surface area contributed by atoms with E-state index >= 15 is 0 Å². The average Bonchev–Trinajstić information content (AvgIpc) is 2.82. The Morgan fingerprint density at radius 2 is 1.73 bits per heavy atom. The number of carbonyl (C=O) groups excluding carboxylic acids is 3. The zero-order chi connectivity index (χ0) is 27.2. The Morgan fingerprint density at radius 1 is 1.03 bits per heavy atom. The molecule has 3 fully saturated rings. The number of hydrogen-bond donors (Lipinski definition) is 1. The zero-order valence-corrected chi connectivity index (χ0v) is 23.8. The number of allylic oxidation sites excluding steroid dienone is 4. The minimum atomic E-state index is -0.649. The van der Waals surface area contributed by atoms with Crippen LogP contribution in [-0.4, -0.2) is 24.0 Å². The molecule has 1 N–H and O–H groups in total. The third-order valence-electron chi connectivity index (χ3n) is 11.9. The maximum absolute atomic E-state index is 14.2. The van der Waals surface area contributed by atoms with Gasteiger partial charge in [0.25, 0.3) is 0 Å². The summed E-state index contributed by atoms with van der Waals surface area (Å²) < 4.78 is 0. The van der Waals surface area contributed by atoms with Crippen molar-refractivity contribution in [2.75, 3.05) is 6.54 Å². The monoisotopic (exact) mass is 504 g/mol. The molecule has 0 aromatic rings. The van der Waals surface area contributed by atoms with Gasteiger partial charge in [-0.25, -0.2) is 0 Å². The quantitative estimate of drug-likeness (QED) is 0.503. The Labute approximate surface area is 222 Å². The van der Waals surface area contributed by atoms with E-state index in [1.54, 1.807) is 0 Å². The number of rotatable bonds is 2. The highest BCUT2D eigenvalue weighted by Crippen LogP contribution is 2.70. The van der Waals surface area contributed by atoms with Crippen molar-refractivity contribution in [3.8, 4) is 6.07 Å². The Morgan fingerprint density at radius 3 is 2.38 bits per heavy atom. The minimum Gasteiger partial charge on any atom is -0.356 e. The fourth-order valence-electron chi connectivity index (χ4n) is 10.0. The van der Waals surface area contributed by atoms with Crippen LogP contribution in [0.1, 0.15) is 93.4 Å². The van der Waals surface area contributed by atoms with E-state index in [-0.39, 0.29) is 57.5 Å². The molecule has 37 heavy (non-hydrogen) atoms. The standard InChI is InChI=1S/C32H44N2O3/c1-8-34-27(37)32-12-9-20-25(21(32)17-28(2,3)13-14-32)22(35)15-24-30(20,6)11-10-23-29(4,5)26(36)19(18-33)16-31(23,24)7/h15-16,20-21,23,25H,8-14,17H2,1-7H3,(H,34,37)/t20?,21?,23?,25?,30-,31-,32+/m0/s1. The van der Waals surface area contributed by atoms with Crippen LogP contribution >= 0.6 is 0 Å². The molecule has 200 valence electrons. The van der Waals surface area contributed by atoms with Gasteiger partial charge in [-0.15, -0.1) is 0 Å². The third kappa shape index (κ3) is 3.43. The third-order valence-corrected chi connectivity index (χ3v) is 11.9. The molecule has 5 nitrogen and oxygen atoms in total. The first-order valence-electron chi connectivity index (χ1n) is 14.4. The lowest BCUT2D eigenvalue weighted by Crippen LogP contribution is -2.62. The molecule has 0 aromatic carbocycles. The van der Waals surface area contributed by atoms with Gasteiger partial charge in [-0.3, -0.25) is 14.4 Å². The summed E-state index contributed by atoms with van der Waals surface area (Å²) in [6.07, 6.45) is 10.1. The van der Waals surface area contributed by atoms with E-state index in [0.29, 0.717) is 6.54 Å². The van der Waals surface area contributed by atoms with Gasteiger partial charge in [-0.05, 0) is 86.5 Å². The maximum Gasteiger partial charge on any atom is 0.226 e. The van der Waals surface area contributed by atoms with Gasteiger partial charge in [0.05, 0.1) is 11.0 Å². The van der Waals surface area contributed by atoms with Crippen molar-refractivity contribution < 1.29 is 14.4 Å². The molecule has 0 aromatic heterocycles. The predicted octanol–water partition coefficient (Wildman–Crippen LogP) is 5.95. The van der Waals surface area contributed by atoms with Gasteiger partial charge >= 0.3 is 0 Å². The number of carbonyl (C=O) groups is 3. The summed E-state index contributed by atoms with van der Waals surface area (Å²) in [5, 5.41) is 13.0. The molecule has 0 aliphatic heterocycles. The normalized spacial score (nSPS) is 43.6. The van der Waals surface area contributed by atoms with Crippen LogP contribution in [0.5, 0.6) is 0 Å². The first kappa shape index (κ1) is 26.4. The van der Waals surface area contributed by atoms with E-state index in [2.05, 4.69) is 39.1 Å². The highest BCUT2D eigenvalue weighted by Gasteiger charge is 2.66. The lowest BCUT2D eigenvalue weighted by Gasteiger charge is -2.64. The Balaban J connectivity index is 1.65. The lowest BCUT2D eigenvalue weighted by molar-refractivity contribution is -0.161. The molecule has 5 heteroatoms. The predicted molar refractivity (Wildman–Crippen MR) is 143 cm³/mol. The van der Waals surface area contributed by atoms with Crippen LogP contribution in [-0.2, 0) is 14.4 Å². The molecular formula is C32H44N2O3. The fourth-order valence-corrected chi connectivity index (χ4v) is 10.0. The molecule has 3 saturated carbocycles. The molecule has 5 rings (SSSR count). The summed E-state index contributed by atoms with van der Waals surface area (Å²) in [7, 11) is 0. The number of nitriles is 1. The van der Waals surface area contributed by atoms with Crippen LogP contribution in [0.15, 0.2) is 23.3 Å². The summed E-state index contributed by atoms with van der Waals surface area (Å²) in [6, 6.07) is 2.17. The zero-order valence-electron chi connectivity index (χ0n) is 23.8. The van der Waals surface area contributed by atoms with Crippen molar-refractivity contribution in [1.29, 1.82) is 5.26 Å². The molecule has 0 spiro atoms. The number of amides is 1. The highest BCUT2D eigenvalue weighted by atomic mass is 16.2. The largest absolute Gasteiger partial charge is 0.356 e. The molecule has 0 bridgehead atoms. The second-order valence-corrected chi connectivity index (χ2v) is 14.6. The van der Waals surface area contributed by atoms with Gasteiger partial charge < -0.3 is 5.32 Å². The molecule has 5 aliphatic rings. The summed E-state index contributed by atoms with van der Waals surface area (Å²) >= 11 is 0. The van der Waals surface area contributed by atoms with Crippen molar-refractivity contribution in [2.45, 2.75) is 93.4 Å². The molecule has 0 saturated heterocycles. The summed E-state index contributed by atoms with van der Waals surface area (Å²) in [6.45, 7) is 15.6. The minimum absolute atomic E-state index is 0.0452. The topological polar surface area (TPSA) is 87.0 Å². The Bertz CT molecular complexity index is 1170. The number of nitrogens with zero attached hydrogens (tertiary/aromatic N) is 1. The van der Waals surface area contributed by atoms with E-state index in [0.717, 1.165) is 50.5 Å². The van der Waals surface area contributed by atoms with E-state index in [9.17, 15) is 19.6 Å². The maximum atomic E-state index is 14.2. The summed E-state index contributed by atoms with van der Waals surface area (Å²) in [4.78, 5) is 41.0. The fraction of sp³-hybridized carbons (Fsp3) is 0.750. The van der Waals surface area contributed by atoms with Crippen LogP contribution in [0.25, 0.3) is 0 Å². The first-order chi connectivity index (χ1) is 17.2. The van der Waals surface area contributed by atoms with Crippen LogP contribution < -0.4 is 5.32 Å². The van der Waals surface area contributed by atoms with Crippen LogP contribution in [0.3, 0.4) is 0 Å². The number of fused-ring (bicyclic) bond motifs is 7. The van der Waals surface area contributed by atoms with E-state index in [1.165, 1.54) is 0 Å². The highest BCUT2D eigenvalue weighted by molar-refractivity contribution is 6.04. The SMILES string of the molecule is CCNC(=O)[C@@]12CCC3C(C(=O)C=C4[C@@]5(C)C=C(C#N)C(=O)C(C)(C)C5CC[C@]43C)C1CC(C)(C)CC2. The lowest BCUT2D eigenvalue weighted by atomic mass is 9.38. The second-order valence-electron chi connectivity index (χ2n) is 14.6. The van der Waals surface area contributed by atoms with Crippen molar-refractivity contribution >= 4 is 17.5 Å². The van der Waals surface area contributed by atoms with Gasteiger partial charge in [0.2, 0.25) is 5.91 Å². The number of ketones is 2. The van der Waals surface area contributed by atoms with Gasteiger partial charge in [-0.1, -0.05) is 53.2 Å².